The minimum atomic E-state index is -0.0413. The molecule has 0 aliphatic heterocycles. The molecule has 0 saturated heterocycles. The quantitative estimate of drug-likeness (QED) is 0.834. The molecule has 2 rings (SSSR count). The largest absolute Gasteiger partial charge is 0.493 e. The number of hydrogen-bond acceptors (Lipinski definition) is 6. The summed E-state index contributed by atoms with van der Waals surface area (Å²) in [5, 5.41) is 4.11. The van der Waals surface area contributed by atoms with Crippen LogP contribution in [-0.4, -0.2) is 23.6 Å². The summed E-state index contributed by atoms with van der Waals surface area (Å²) in [6, 6.07) is 3.85. The number of methoxy groups -OCH3 is 2. The summed E-state index contributed by atoms with van der Waals surface area (Å²) in [6.45, 7) is 6.93. The molecule has 120 valence electrons. The van der Waals surface area contributed by atoms with Crippen LogP contribution in [0, 0.1) is 0 Å². The molecule has 7 heteroatoms. The van der Waals surface area contributed by atoms with Gasteiger partial charge in [-0.25, -0.2) is 4.98 Å². The van der Waals surface area contributed by atoms with Crippen LogP contribution in [0.3, 0.4) is 0 Å². The number of aromatic nitrogens is 2. The van der Waals surface area contributed by atoms with E-state index >= 15 is 0 Å². The second kappa shape index (κ2) is 6.83. The van der Waals surface area contributed by atoms with Crippen LogP contribution < -0.4 is 14.8 Å². The Morgan fingerprint density at radius 1 is 1.18 bits per heavy atom. The Hall–Kier alpha value is -1.34. The Balaban J connectivity index is 2.13. The van der Waals surface area contributed by atoms with E-state index in [1.165, 1.54) is 11.5 Å². The number of halogens is 1. The molecule has 0 aliphatic carbocycles. The highest BCUT2D eigenvalue weighted by Crippen LogP contribution is 2.33. The highest BCUT2D eigenvalue weighted by Gasteiger charge is 2.19. The normalized spacial score (nSPS) is 11.4. The van der Waals surface area contributed by atoms with Crippen molar-refractivity contribution < 1.29 is 9.47 Å². The molecule has 0 unspecified atom stereocenters. The van der Waals surface area contributed by atoms with Crippen molar-refractivity contribution in [3.05, 3.63) is 28.0 Å². The topological polar surface area (TPSA) is 56.3 Å². The van der Waals surface area contributed by atoms with Gasteiger partial charge in [-0.05, 0) is 17.7 Å². The van der Waals surface area contributed by atoms with Gasteiger partial charge in [-0.3, -0.25) is 0 Å². The Kier molecular flexibility index (Phi) is 5.28. The summed E-state index contributed by atoms with van der Waals surface area (Å²) in [5.41, 5.74) is 1.02. The zero-order chi connectivity index (χ0) is 16.3. The minimum Gasteiger partial charge on any atom is -0.493 e. The number of benzene rings is 1. The summed E-state index contributed by atoms with van der Waals surface area (Å²) in [5.74, 6) is 2.26. The van der Waals surface area contributed by atoms with Crippen molar-refractivity contribution in [1.29, 1.82) is 0 Å². The lowest BCUT2D eigenvalue weighted by Crippen LogP contribution is -2.13. The van der Waals surface area contributed by atoms with Gasteiger partial charge in [-0.1, -0.05) is 36.7 Å². The predicted molar refractivity (Wildman–Crippen MR) is 93.2 cm³/mol. The van der Waals surface area contributed by atoms with Crippen LogP contribution in [0.1, 0.15) is 32.2 Å². The van der Waals surface area contributed by atoms with Crippen molar-refractivity contribution in [3.63, 3.8) is 0 Å². The molecule has 0 atom stereocenters. The van der Waals surface area contributed by atoms with E-state index in [4.69, 9.17) is 9.47 Å². The van der Waals surface area contributed by atoms with E-state index < -0.39 is 0 Å². The van der Waals surface area contributed by atoms with Gasteiger partial charge in [0, 0.05) is 28.0 Å². The standard InChI is InChI=1S/C15H20BrN3O2S/c1-15(2,3)13-18-14(22-19-13)17-8-9-6-11(20-4)12(21-5)7-10(9)16/h6-7H,8H2,1-5H3,(H,17,18,19). The van der Waals surface area contributed by atoms with Crippen LogP contribution in [0.4, 0.5) is 5.13 Å². The fourth-order valence-corrected chi connectivity index (χ4v) is 3.02. The van der Waals surface area contributed by atoms with E-state index in [1.807, 2.05) is 12.1 Å². The van der Waals surface area contributed by atoms with Crippen molar-refractivity contribution in [2.45, 2.75) is 32.7 Å². The molecule has 1 N–H and O–H groups in total. The third kappa shape index (κ3) is 3.89. The minimum absolute atomic E-state index is 0.0413. The van der Waals surface area contributed by atoms with Crippen LogP contribution >= 0.6 is 27.5 Å². The van der Waals surface area contributed by atoms with E-state index in [-0.39, 0.29) is 5.41 Å². The van der Waals surface area contributed by atoms with Crippen molar-refractivity contribution in [3.8, 4) is 11.5 Å². The van der Waals surface area contributed by atoms with E-state index in [0.29, 0.717) is 18.0 Å². The van der Waals surface area contributed by atoms with Crippen molar-refractivity contribution in [1.82, 2.24) is 9.36 Å². The summed E-state index contributed by atoms with van der Waals surface area (Å²) in [7, 11) is 3.25. The van der Waals surface area contributed by atoms with Gasteiger partial charge < -0.3 is 14.8 Å². The van der Waals surface area contributed by atoms with Crippen molar-refractivity contribution in [2.75, 3.05) is 19.5 Å². The maximum Gasteiger partial charge on any atom is 0.202 e. The Morgan fingerprint density at radius 3 is 2.36 bits per heavy atom. The molecule has 1 heterocycles. The van der Waals surface area contributed by atoms with Gasteiger partial charge in [0.25, 0.3) is 0 Å². The molecule has 2 aromatic rings. The highest BCUT2D eigenvalue weighted by atomic mass is 79.9. The van der Waals surface area contributed by atoms with E-state index in [2.05, 4.69) is 51.4 Å². The molecule has 22 heavy (non-hydrogen) atoms. The first kappa shape index (κ1) is 17.0. The Bertz CT molecular complexity index is 653. The van der Waals surface area contributed by atoms with Gasteiger partial charge in [-0.15, -0.1) is 0 Å². The maximum atomic E-state index is 5.33. The van der Waals surface area contributed by atoms with Crippen LogP contribution in [-0.2, 0) is 12.0 Å². The zero-order valence-corrected chi connectivity index (χ0v) is 15.8. The number of hydrogen-bond donors (Lipinski definition) is 1. The molecule has 0 saturated carbocycles. The van der Waals surface area contributed by atoms with Gasteiger partial charge in [0.2, 0.25) is 5.13 Å². The van der Waals surface area contributed by atoms with Crippen LogP contribution in [0.2, 0.25) is 0 Å². The third-order valence-corrected chi connectivity index (χ3v) is 4.49. The number of ether oxygens (including phenoxy) is 2. The van der Waals surface area contributed by atoms with Gasteiger partial charge in [0.05, 0.1) is 14.2 Å². The monoisotopic (exact) mass is 385 g/mol. The van der Waals surface area contributed by atoms with Crippen LogP contribution in [0.15, 0.2) is 16.6 Å². The lowest BCUT2D eigenvalue weighted by Gasteiger charge is -2.13. The summed E-state index contributed by atoms with van der Waals surface area (Å²) in [4.78, 5) is 4.53. The lowest BCUT2D eigenvalue weighted by atomic mass is 9.96. The second-order valence-corrected chi connectivity index (χ2v) is 7.43. The van der Waals surface area contributed by atoms with Gasteiger partial charge >= 0.3 is 0 Å². The van der Waals surface area contributed by atoms with E-state index in [1.54, 1.807) is 14.2 Å². The van der Waals surface area contributed by atoms with E-state index in [0.717, 1.165) is 21.0 Å². The molecule has 1 aromatic heterocycles. The van der Waals surface area contributed by atoms with Crippen molar-refractivity contribution >= 4 is 32.6 Å². The summed E-state index contributed by atoms with van der Waals surface area (Å²) >= 11 is 4.93. The molecular formula is C15H20BrN3O2S. The third-order valence-electron chi connectivity index (χ3n) is 3.08. The molecule has 0 aliphatic rings. The number of nitrogens with zero attached hydrogens (tertiary/aromatic N) is 2. The highest BCUT2D eigenvalue weighted by molar-refractivity contribution is 9.10. The average molecular weight is 386 g/mol. The smallest absolute Gasteiger partial charge is 0.202 e. The number of anilines is 1. The SMILES string of the molecule is COc1cc(Br)c(CNc2nc(C(C)(C)C)ns2)cc1OC. The Morgan fingerprint density at radius 2 is 1.82 bits per heavy atom. The first-order valence-electron chi connectivity index (χ1n) is 6.83. The molecule has 0 bridgehead atoms. The van der Waals surface area contributed by atoms with Gasteiger partial charge in [0.1, 0.15) is 5.82 Å². The molecule has 1 aromatic carbocycles. The first-order valence-corrected chi connectivity index (χ1v) is 8.40. The van der Waals surface area contributed by atoms with Crippen LogP contribution in [0.5, 0.6) is 11.5 Å². The van der Waals surface area contributed by atoms with Gasteiger partial charge in [-0.2, -0.15) is 4.37 Å². The fraction of sp³-hybridized carbons (Fsp3) is 0.467. The fourth-order valence-electron chi connectivity index (χ4n) is 1.80. The molecule has 0 amide bonds. The zero-order valence-electron chi connectivity index (χ0n) is 13.4. The van der Waals surface area contributed by atoms with Crippen LogP contribution in [0.25, 0.3) is 0 Å². The summed E-state index contributed by atoms with van der Waals surface area (Å²) < 4.78 is 16.0. The predicted octanol–water partition coefficient (Wildman–Crippen LogP) is 4.23. The lowest BCUT2D eigenvalue weighted by molar-refractivity contribution is 0.354. The molecule has 0 spiro atoms. The molecule has 0 fully saturated rings. The Labute approximate surface area is 143 Å². The first-order chi connectivity index (χ1) is 10.3. The average Bonchev–Trinajstić information content (AvgIpc) is 2.94. The molecule has 5 nitrogen and oxygen atoms in total. The second-order valence-electron chi connectivity index (χ2n) is 5.83. The number of rotatable bonds is 5. The van der Waals surface area contributed by atoms with Gasteiger partial charge in [0.15, 0.2) is 11.5 Å². The van der Waals surface area contributed by atoms with E-state index in [9.17, 15) is 0 Å². The van der Waals surface area contributed by atoms with Crippen molar-refractivity contribution in [2.24, 2.45) is 0 Å². The summed E-state index contributed by atoms with van der Waals surface area (Å²) in [6.07, 6.45) is 0. The molecule has 0 radical (unpaired) electrons. The molecular weight excluding hydrogens is 366 g/mol. The maximum absolute atomic E-state index is 5.33. The number of nitrogens with one attached hydrogen (secondary N) is 1.